The highest BCUT2D eigenvalue weighted by Gasteiger charge is 2.28. The second-order valence-electron chi connectivity index (χ2n) is 5.84. The molecule has 1 heterocycles. The van der Waals surface area contributed by atoms with E-state index < -0.39 is 18.7 Å². The second kappa shape index (κ2) is 8.43. The van der Waals surface area contributed by atoms with E-state index in [1.807, 2.05) is 0 Å². The van der Waals surface area contributed by atoms with Crippen molar-refractivity contribution in [3.05, 3.63) is 45.8 Å². The van der Waals surface area contributed by atoms with E-state index in [2.05, 4.69) is 4.98 Å². The molecule has 0 aliphatic heterocycles. The molecular weight excluding hydrogens is 340 g/mol. The summed E-state index contributed by atoms with van der Waals surface area (Å²) in [5.74, 6) is -0.651. The van der Waals surface area contributed by atoms with Crippen LogP contribution in [0.3, 0.4) is 0 Å². The Hall–Kier alpha value is -2.23. The Bertz CT molecular complexity index is 797. The Morgan fingerprint density at radius 2 is 1.85 bits per heavy atom. The molecule has 142 valence electrons. The molecule has 0 amide bonds. The molecule has 2 aromatic rings. The minimum Gasteiger partial charge on any atom is -0.464 e. The lowest BCUT2D eigenvalue weighted by molar-refractivity contribution is 0.0588. The van der Waals surface area contributed by atoms with Crippen LogP contribution in [-0.4, -0.2) is 38.5 Å². The highest BCUT2D eigenvalue weighted by atomic mass is 16.5. The van der Waals surface area contributed by atoms with Crippen LogP contribution in [0.25, 0.3) is 11.1 Å². The SMILES string of the molecule is COC(=O)c1[nH]c(CN)c(-c2ccc(CO)c(CO)c2CO)c1C(C)O. The topological polar surface area (TPSA) is 149 Å². The van der Waals surface area contributed by atoms with Crippen LogP contribution in [0.5, 0.6) is 0 Å². The van der Waals surface area contributed by atoms with Gasteiger partial charge in [0.15, 0.2) is 0 Å². The third kappa shape index (κ3) is 3.37. The van der Waals surface area contributed by atoms with Gasteiger partial charge in [0.25, 0.3) is 0 Å². The zero-order chi connectivity index (χ0) is 19.4. The van der Waals surface area contributed by atoms with Crippen LogP contribution in [0.2, 0.25) is 0 Å². The Labute approximate surface area is 150 Å². The van der Waals surface area contributed by atoms with Crippen LogP contribution in [0.15, 0.2) is 12.1 Å². The summed E-state index contributed by atoms with van der Waals surface area (Å²) in [5.41, 5.74) is 8.94. The van der Waals surface area contributed by atoms with E-state index in [1.165, 1.54) is 14.0 Å². The molecule has 0 aliphatic carbocycles. The first-order valence-corrected chi connectivity index (χ1v) is 8.12. The molecule has 1 aromatic carbocycles. The van der Waals surface area contributed by atoms with Gasteiger partial charge in [0.2, 0.25) is 0 Å². The molecular formula is C18H24N2O6. The number of methoxy groups -OCH3 is 1. The summed E-state index contributed by atoms with van der Waals surface area (Å²) in [6.07, 6.45) is -1.02. The van der Waals surface area contributed by atoms with Gasteiger partial charge in [0.05, 0.1) is 33.0 Å². The number of ether oxygens (including phenoxy) is 1. The Morgan fingerprint density at radius 3 is 2.31 bits per heavy atom. The number of nitrogens with one attached hydrogen (secondary N) is 1. The van der Waals surface area contributed by atoms with Crippen LogP contribution >= 0.6 is 0 Å². The summed E-state index contributed by atoms with van der Waals surface area (Å²) >= 11 is 0. The van der Waals surface area contributed by atoms with Gasteiger partial charge in [-0.25, -0.2) is 4.79 Å². The number of rotatable bonds is 7. The maximum absolute atomic E-state index is 12.1. The molecule has 26 heavy (non-hydrogen) atoms. The number of aliphatic hydroxyl groups excluding tert-OH is 4. The lowest BCUT2D eigenvalue weighted by Gasteiger charge is -2.18. The zero-order valence-electron chi connectivity index (χ0n) is 14.7. The van der Waals surface area contributed by atoms with Gasteiger partial charge in [-0.15, -0.1) is 0 Å². The molecule has 0 spiro atoms. The first kappa shape index (κ1) is 20.1. The Balaban J connectivity index is 2.87. The lowest BCUT2D eigenvalue weighted by Crippen LogP contribution is -2.08. The first-order chi connectivity index (χ1) is 12.4. The summed E-state index contributed by atoms with van der Waals surface area (Å²) in [7, 11) is 1.23. The number of benzene rings is 1. The molecule has 1 aromatic heterocycles. The minimum atomic E-state index is -1.02. The quantitative estimate of drug-likeness (QED) is 0.391. The highest BCUT2D eigenvalue weighted by Crippen LogP contribution is 2.38. The zero-order valence-corrected chi connectivity index (χ0v) is 14.7. The number of aliphatic hydroxyl groups is 4. The van der Waals surface area contributed by atoms with Gasteiger partial charge in [-0.1, -0.05) is 12.1 Å². The van der Waals surface area contributed by atoms with Gasteiger partial charge in [-0.05, 0) is 29.2 Å². The number of carbonyl (C=O) groups is 1. The average molecular weight is 364 g/mol. The third-order valence-corrected chi connectivity index (χ3v) is 4.41. The second-order valence-corrected chi connectivity index (χ2v) is 5.84. The molecule has 0 saturated carbocycles. The molecule has 7 N–H and O–H groups in total. The number of nitrogens with two attached hydrogens (primary N) is 1. The number of hydrogen-bond acceptors (Lipinski definition) is 7. The first-order valence-electron chi connectivity index (χ1n) is 8.12. The molecule has 0 bridgehead atoms. The van der Waals surface area contributed by atoms with Gasteiger partial charge < -0.3 is 35.9 Å². The number of carbonyl (C=O) groups excluding carboxylic acids is 1. The number of aromatic amines is 1. The van der Waals surface area contributed by atoms with E-state index in [0.717, 1.165) is 0 Å². The van der Waals surface area contributed by atoms with Crippen LogP contribution in [0.4, 0.5) is 0 Å². The number of H-pyrrole nitrogens is 1. The normalized spacial score (nSPS) is 12.3. The van der Waals surface area contributed by atoms with Gasteiger partial charge in [0.1, 0.15) is 5.69 Å². The number of esters is 1. The van der Waals surface area contributed by atoms with E-state index in [-0.39, 0.29) is 25.5 Å². The smallest absolute Gasteiger partial charge is 0.354 e. The van der Waals surface area contributed by atoms with Crippen molar-refractivity contribution in [3.8, 4) is 11.1 Å². The van der Waals surface area contributed by atoms with Crippen molar-refractivity contribution < 1.29 is 30.0 Å². The standard InChI is InChI=1S/C18H24N2O6/c1-9(24)15-16(14(5-19)20-17(15)18(25)26-2)11-4-3-10(6-21)12(7-22)13(11)8-23/h3-4,9,20-24H,5-8,19H2,1-2H3. The third-order valence-electron chi connectivity index (χ3n) is 4.41. The maximum atomic E-state index is 12.1. The average Bonchev–Trinajstić information content (AvgIpc) is 3.05. The van der Waals surface area contributed by atoms with Gasteiger partial charge >= 0.3 is 5.97 Å². The van der Waals surface area contributed by atoms with Crippen molar-refractivity contribution in [2.75, 3.05) is 7.11 Å². The van der Waals surface area contributed by atoms with Crippen LogP contribution < -0.4 is 5.73 Å². The monoisotopic (exact) mass is 364 g/mol. The van der Waals surface area contributed by atoms with E-state index >= 15 is 0 Å². The predicted molar refractivity (Wildman–Crippen MR) is 93.9 cm³/mol. The molecule has 2 rings (SSSR count). The minimum absolute atomic E-state index is 0.0487. The molecule has 1 unspecified atom stereocenters. The van der Waals surface area contributed by atoms with Crippen molar-refractivity contribution in [1.82, 2.24) is 4.98 Å². The fraction of sp³-hybridized carbons (Fsp3) is 0.389. The van der Waals surface area contributed by atoms with Crippen molar-refractivity contribution in [2.24, 2.45) is 5.73 Å². The maximum Gasteiger partial charge on any atom is 0.354 e. The highest BCUT2D eigenvalue weighted by molar-refractivity contribution is 5.93. The molecule has 8 nitrogen and oxygen atoms in total. The van der Waals surface area contributed by atoms with Gasteiger partial charge in [-0.2, -0.15) is 0 Å². The Morgan fingerprint density at radius 1 is 1.19 bits per heavy atom. The van der Waals surface area contributed by atoms with Gasteiger partial charge in [0, 0.05) is 23.4 Å². The van der Waals surface area contributed by atoms with Crippen molar-refractivity contribution in [1.29, 1.82) is 0 Å². The molecule has 0 aliphatic rings. The summed E-state index contributed by atoms with van der Waals surface area (Å²) in [4.78, 5) is 15.0. The summed E-state index contributed by atoms with van der Waals surface area (Å²) in [5, 5.41) is 39.3. The fourth-order valence-electron chi connectivity index (χ4n) is 3.21. The van der Waals surface area contributed by atoms with Crippen molar-refractivity contribution >= 4 is 5.97 Å². The molecule has 0 saturated heterocycles. The molecule has 0 fully saturated rings. The predicted octanol–water partition coefficient (Wildman–Crippen LogP) is 0.457. The molecule has 0 radical (unpaired) electrons. The Kier molecular flexibility index (Phi) is 6.52. The van der Waals surface area contributed by atoms with E-state index in [9.17, 15) is 25.2 Å². The van der Waals surface area contributed by atoms with Crippen molar-refractivity contribution in [3.63, 3.8) is 0 Å². The van der Waals surface area contributed by atoms with E-state index in [0.29, 0.717) is 39.1 Å². The number of aromatic nitrogens is 1. The largest absolute Gasteiger partial charge is 0.464 e. The van der Waals surface area contributed by atoms with Crippen LogP contribution in [-0.2, 0) is 31.1 Å². The van der Waals surface area contributed by atoms with Crippen molar-refractivity contribution in [2.45, 2.75) is 39.4 Å². The molecule has 8 heteroatoms. The van der Waals surface area contributed by atoms with Gasteiger partial charge in [-0.3, -0.25) is 0 Å². The molecule has 1 atom stereocenters. The summed E-state index contributed by atoms with van der Waals surface area (Å²) < 4.78 is 4.77. The fourth-order valence-corrected chi connectivity index (χ4v) is 3.21. The van der Waals surface area contributed by atoms with E-state index in [1.54, 1.807) is 12.1 Å². The van der Waals surface area contributed by atoms with E-state index in [4.69, 9.17) is 10.5 Å². The van der Waals surface area contributed by atoms with Crippen LogP contribution in [0.1, 0.15) is 51.5 Å². The lowest BCUT2D eigenvalue weighted by atomic mass is 9.89. The summed E-state index contributed by atoms with van der Waals surface area (Å²) in [6, 6.07) is 3.28. The summed E-state index contributed by atoms with van der Waals surface area (Å²) in [6.45, 7) is 0.480. The van der Waals surface area contributed by atoms with Crippen LogP contribution in [0, 0.1) is 0 Å². The number of hydrogen-bond donors (Lipinski definition) is 6.